The summed E-state index contributed by atoms with van der Waals surface area (Å²) >= 11 is 0. The van der Waals surface area contributed by atoms with Gasteiger partial charge in [-0.2, -0.15) is 0 Å². The Bertz CT molecular complexity index is 971. The number of nitrogens with one attached hydrogen (secondary N) is 2. The number of carbonyl (C=O) groups excluding carboxylic acids is 3. The van der Waals surface area contributed by atoms with Crippen molar-refractivity contribution in [2.75, 3.05) is 22.1 Å². The summed E-state index contributed by atoms with van der Waals surface area (Å²) in [5.41, 5.74) is 2.47. The van der Waals surface area contributed by atoms with E-state index in [0.29, 0.717) is 17.8 Å². The van der Waals surface area contributed by atoms with Crippen LogP contribution in [0.25, 0.3) is 0 Å². The minimum atomic E-state index is -0.589. The Morgan fingerprint density at radius 1 is 1.14 bits per heavy atom. The molecule has 2 aromatic carbocycles. The van der Waals surface area contributed by atoms with E-state index in [9.17, 15) is 18.8 Å². The van der Waals surface area contributed by atoms with Crippen LogP contribution in [0.4, 0.5) is 21.5 Å². The van der Waals surface area contributed by atoms with Crippen molar-refractivity contribution in [2.24, 2.45) is 0 Å². The number of halogens is 1. The largest absolute Gasteiger partial charge is 0.324 e. The van der Waals surface area contributed by atoms with Gasteiger partial charge < -0.3 is 15.5 Å². The second-order valence-electron chi connectivity index (χ2n) is 6.47. The van der Waals surface area contributed by atoms with E-state index in [1.54, 1.807) is 23.1 Å². The molecule has 3 amide bonds. The molecule has 2 N–H and O–H groups in total. The van der Waals surface area contributed by atoms with E-state index in [2.05, 4.69) is 17.2 Å². The van der Waals surface area contributed by atoms with Crippen LogP contribution in [-0.4, -0.2) is 24.3 Å². The molecule has 3 rings (SSSR count). The lowest BCUT2D eigenvalue weighted by atomic mass is 9.98. The number of fused-ring (bicyclic) bond motifs is 1. The SMILES string of the molecule is C=CC(=O)N1CCCc2cc(C(=O)Nc3ccc(F)c(NC(C)=O)c3)ccc21. The minimum absolute atomic E-state index is 0.00526. The highest BCUT2D eigenvalue weighted by atomic mass is 19.1. The maximum Gasteiger partial charge on any atom is 0.255 e. The van der Waals surface area contributed by atoms with Crippen molar-refractivity contribution in [1.82, 2.24) is 0 Å². The smallest absolute Gasteiger partial charge is 0.255 e. The Kier molecular flexibility index (Phi) is 5.54. The lowest BCUT2D eigenvalue weighted by Gasteiger charge is -2.28. The zero-order valence-corrected chi connectivity index (χ0v) is 15.4. The predicted octanol–water partition coefficient (Wildman–Crippen LogP) is 3.50. The van der Waals surface area contributed by atoms with Gasteiger partial charge in [0, 0.05) is 30.4 Å². The molecule has 7 heteroatoms. The Balaban J connectivity index is 1.81. The second-order valence-corrected chi connectivity index (χ2v) is 6.47. The zero-order chi connectivity index (χ0) is 20.3. The monoisotopic (exact) mass is 381 g/mol. The number of benzene rings is 2. The summed E-state index contributed by atoms with van der Waals surface area (Å²) in [7, 11) is 0. The summed E-state index contributed by atoms with van der Waals surface area (Å²) in [4.78, 5) is 37.4. The van der Waals surface area contributed by atoms with E-state index >= 15 is 0 Å². The lowest BCUT2D eigenvalue weighted by Crippen LogP contribution is -2.34. The van der Waals surface area contributed by atoms with Crippen molar-refractivity contribution in [1.29, 1.82) is 0 Å². The molecule has 0 atom stereocenters. The maximum absolute atomic E-state index is 13.7. The van der Waals surface area contributed by atoms with Gasteiger partial charge in [-0.3, -0.25) is 14.4 Å². The number of aryl methyl sites for hydroxylation is 1. The lowest BCUT2D eigenvalue weighted by molar-refractivity contribution is -0.115. The molecule has 0 bridgehead atoms. The molecule has 6 nitrogen and oxygen atoms in total. The standard InChI is InChI=1S/C21H20FN3O3/c1-3-20(27)25-10-4-5-14-11-15(6-9-19(14)25)21(28)24-16-7-8-17(22)18(12-16)23-13(2)26/h3,6-9,11-12H,1,4-5,10H2,2H3,(H,23,26)(H,24,28). The maximum atomic E-state index is 13.7. The Morgan fingerprint density at radius 2 is 1.93 bits per heavy atom. The zero-order valence-electron chi connectivity index (χ0n) is 15.4. The van der Waals surface area contributed by atoms with E-state index < -0.39 is 11.7 Å². The third-order valence-electron chi connectivity index (χ3n) is 4.44. The predicted molar refractivity (Wildman–Crippen MR) is 106 cm³/mol. The van der Waals surface area contributed by atoms with Gasteiger partial charge in [0.1, 0.15) is 5.82 Å². The van der Waals surface area contributed by atoms with Crippen LogP contribution < -0.4 is 15.5 Å². The average molecular weight is 381 g/mol. The Morgan fingerprint density at radius 3 is 2.64 bits per heavy atom. The van der Waals surface area contributed by atoms with Crippen LogP contribution in [0.5, 0.6) is 0 Å². The molecule has 0 aliphatic carbocycles. The fourth-order valence-corrected chi connectivity index (χ4v) is 3.17. The van der Waals surface area contributed by atoms with Crippen LogP contribution >= 0.6 is 0 Å². The van der Waals surface area contributed by atoms with Gasteiger partial charge in [0.05, 0.1) is 5.69 Å². The van der Waals surface area contributed by atoms with Crippen LogP contribution in [0.2, 0.25) is 0 Å². The third kappa shape index (κ3) is 4.09. The first-order valence-electron chi connectivity index (χ1n) is 8.84. The molecule has 28 heavy (non-hydrogen) atoms. The molecular weight excluding hydrogens is 361 g/mol. The van der Waals surface area contributed by atoms with Crippen molar-refractivity contribution in [3.05, 3.63) is 66.0 Å². The molecule has 0 radical (unpaired) electrons. The van der Waals surface area contributed by atoms with Crippen molar-refractivity contribution in [3.8, 4) is 0 Å². The van der Waals surface area contributed by atoms with E-state index in [4.69, 9.17) is 0 Å². The summed E-state index contributed by atoms with van der Waals surface area (Å²) in [6.07, 6.45) is 2.84. The molecule has 0 aromatic heterocycles. The van der Waals surface area contributed by atoms with Crippen LogP contribution in [0.3, 0.4) is 0 Å². The summed E-state index contributed by atoms with van der Waals surface area (Å²) < 4.78 is 13.7. The highest BCUT2D eigenvalue weighted by Crippen LogP contribution is 2.29. The number of hydrogen-bond donors (Lipinski definition) is 2. The fraction of sp³-hybridized carbons (Fsp3) is 0.190. The van der Waals surface area contributed by atoms with E-state index in [0.717, 1.165) is 24.1 Å². The van der Waals surface area contributed by atoms with Crippen LogP contribution in [0.15, 0.2) is 49.1 Å². The molecule has 1 heterocycles. The first-order chi connectivity index (χ1) is 13.4. The first kappa shape index (κ1) is 19.3. The van der Waals surface area contributed by atoms with Crippen LogP contribution in [0, 0.1) is 5.82 Å². The molecule has 0 unspecified atom stereocenters. The van der Waals surface area contributed by atoms with Crippen molar-refractivity contribution < 1.29 is 18.8 Å². The van der Waals surface area contributed by atoms with E-state index in [-0.39, 0.29) is 17.5 Å². The number of hydrogen-bond acceptors (Lipinski definition) is 3. The fourth-order valence-electron chi connectivity index (χ4n) is 3.17. The van der Waals surface area contributed by atoms with Crippen LogP contribution in [-0.2, 0) is 16.0 Å². The number of rotatable bonds is 4. The second kappa shape index (κ2) is 8.04. The van der Waals surface area contributed by atoms with Gasteiger partial charge in [0.2, 0.25) is 11.8 Å². The highest BCUT2D eigenvalue weighted by molar-refractivity contribution is 6.06. The summed E-state index contributed by atoms with van der Waals surface area (Å²) in [5, 5.41) is 5.08. The number of amides is 3. The molecule has 0 spiro atoms. The highest BCUT2D eigenvalue weighted by Gasteiger charge is 2.22. The number of carbonyl (C=O) groups is 3. The van der Waals surface area contributed by atoms with Gasteiger partial charge in [-0.15, -0.1) is 0 Å². The van der Waals surface area contributed by atoms with Gasteiger partial charge in [-0.1, -0.05) is 6.58 Å². The Labute approximate surface area is 162 Å². The normalized spacial score (nSPS) is 12.7. The number of nitrogens with zero attached hydrogens (tertiary/aromatic N) is 1. The van der Waals surface area contributed by atoms with Gasteiger partial charge in [-0.25, -0.2) is 4.39 Å². The van der Waals surface area contributed by atoms with E-state index in [1.807, 2.05) is 0 Å². The molecular formula is C21H20FN3O3. The molecule has 0 saturated heterocycles. The minimum Gasteiger partial charge on any atom is -0.324 e. The van der Waals surface area contributed by atoms with Crippen molar-refractivity contribution in [3.63, 3.8) is 0 Å². The number of anilines is 3. The van der Waals surface area contributed by atoms with Gasteiger partial charge in [0.15, 0.2) is 0 Å². The quantitative estimate of drug-likeness (QED) is 0.796. The average Bonchev–Trinajstić information content (AvgIpc) is 2.68. The van der Waals surface area contributed by atoms with Crippen molar-refractivity contribution in [2.45, 2.75) is 19.8 Å². The molecule has 144 valence electrons. The summed E-state index contributed by atoms with van der Waals surface area (Å²) in [6, 6.07) is 9.09. The Hall–Kier alpha value is -3.48. The molecule has 2 aromatic rings. The summed E-state index contributed by atoms with van der Waals surface area (Å²) in [5.74, 6) is -1.53. The first-order valence-corrected chi connectivity index (χ1v) is 8.84. The van der Waals surface area contributed by atoms with Crippen LogP contribution in [0.1, 0.15) is 29.3 Å². The van der Waals surface area contributed by atoms with E-state index in [1.165, 1.54) is 31.2 Å². The topological polar surface area (TPSA) is 78.5 Å². The molecule has 0 fully saturated rings. The summed E-state index contributed by atoms with van der Waals surface area (Å²) in [6.45, 7) is 5.42. The third-order valence-corrected chi connectivity index (χ3v) is 4.44. The van der Waals surface area contributed by atoms with Gasteiger partial charge >= 0.3 is 0 Å². The van der Waals surface area contributed by atoms with Crippen molar-refractivity contribution >= 4 is 34.8 Å². The molecule has 0 saturated carbocycles. The molecule has 1 aliphatic rings. The van der Waals surface area contributed by atoms with Gasteiger partial charge in [0.25, 0.3) is 5.91 Å². The molecule has 1 aliphatic heterocycles. The van der Waals surface area contributed by atoms with Gasteiger partial charge in [-0.05, 0) is 60.9 Å².